The van der Waals surface area contributed by atoms with Crippen LogP contribution in [-0.4, -0.2) is 10.9 Å². The number of carbonyl (C=O) groups is 1. The number of fused-ring (bicyclic) bond motifs is 1. The lowest BCUT2D eigenvalue weighted by Crippen LogP contribution is -2.07. The van der Waals surface area contributed by atoms with Crippen LogP contribution in [-0.2, 0) is 4.79 Å². The van der Waals surface area contributed by atoms with E-state index < -0.39 is 0 Å². The first-order valence-electron chi connectivity index (χ1n) is 8.69. The molecule has 0 spiro atoms. The Hall–Kier alpha value is -3.66. The molecular formula is C23H18N2O2. The molecule has 3 aromatic carbocycles. The number of benzene rings is 3. The lowest BCUT2D eigenvalue weighted by molar-refractivity contribution is -0.111. The van der Waals surface area contributed by atoms with Crippen LogP contribution >= 0.6 is 0 Å². The van der Waals surface area contributed by atoms with E-state index in [4.69, 9.17) is 4.42 Å². The first-order chi connectivity index (χ1) is 13.2. The van der Waals surface area contributed by atoms with Gasteiger partial charge in [-0.3, -0.25) is 4.79 Å². The molecule has 0 fully saturated rings. The quantitative estimate of drug-likeness (QED) is 0.495. The van der Waals surface area contributed by atoms with Crippen LogP contribution in [0.5, 0.6) is 0 Å². The number of hydrogen-bond acceptors (Lipinski definition) is 3. The molecule has 1 aromatic heterocycles. The standard InChI is InChI=1S/C23H18N2O2/c1-16-7-13-20-21(15-16)27-23(25-20)18-9-11-19(12-10-18)24-22(26)14-8-17-5-3-2-4-6-17/h2-15H,1H3,(H,24,26). The van der Waals surface area contributed by atoms with Crippen LogP contribution in [0.1, 0.15) is 11.1 Å². The normalized spacial score (nSPS) is 11.1. The average Bonchev–Trinajstić information content (AvgIpc) is 3.11. The van der Waals surface area contributed by atoms with E-state index in [1.807, 2.05) is 79.7 Å². The van der Waals surface area contributed by atoms with Gasteiger partial charge < -0.3 is 9.73 Å². The van der Waals surface area contributed by atoms with Crippen molar-refractivity contribution in [2.45, 2.75) is 6.92 Å². The van der Waals surface area contributed by atoms with Gasteiger partial charge in [0.2, 0.25) is 11.8 Å². The summed E-state index contributed by atoms with van der Waals surface area (Å²) in [4.78, 5) is 16.6. The van der Waals surface area contributed by atoms with Crippen molar-refractivity contribution in [3.05, 3.63) is 90.0 Å². The number of rotatable bonds is 4. The molecule has 1 heterocycles. The van der Waals surface area contributed by atoms with Gasteiger partial charge >= 0.3 is 0 Å². The fourth-order valence-corrected chi connectivity index (χ4v) is 2.77. The Morgan fingerprint density at radius 2 is 1.78 bits per heavy atom. The highest BCUT2D eigenvalue weighted by Crippen LogP contribution is 2.26. The SMILES string of the molecule is Cc1ccc2nc(-c3ccc(NC(=O)C=Cc4ccccc4)cc3)oc2c1. The molecule has 0 aliphatic heterocycles. The first-order valence-corrected chi connectivity index (χ1v) is 8.69. The molecule has 0 unspecified atom stereocenters. The van der Waals surface area contributed by atoms with E-state index in [1.165, 1.54) is 6.08 Å². The molecule has 0 saturated carbocycles. The molecule has 4 aromatic rings. The Morgan fingerprint density at radius 3 is 2.56 bits per heavy atom. The molecule has 4 heteroatoms. The summed E-state index contributed by atoms with van der Waals surface area (Å²) in [6.07, 6.45) is 3.30. The summed E-state index contributed by atoms with van der Waals surface area (Å²) >= 11 is 0. The monoisotopic (exact) mass is 354 g/mol. The smallest absolute Gasteiger partial charge is 0.248 e. The summed E-state index contributed by atoms with van der Waals surface area (Å²) in [5, 5.41) is 2.85. The summed E-state index contributed by atoms with van der Waals surface area (Å²) in [6.45, 7) is 2.02. The highest BCUT2D eigenvalue weighted by Gasteiger charge is 2.08. The lowest BCUT2D eigenvalue weighted by Gasteiger charge is -2.03. The second-order valence-electron chi connectivity index (χ2n) is 6.30. The molecule has 4 rings (SSSR count). The number of nitrogens with one attached hydrogen (secondary N) is 1. The molecule has 1 N–H and O–H groups in total. The van der Waals surface area contributed by atoms with Crippen molar-refractivity contribution in [3.8, 4) is 11.5 Å². The zero-order valence-electron chi connectivity index (χ0n) is 14.8. The maximum Gasteiger partial charge on any atom is 0.248 e. The van der Waals surface area contributed by atoms with Crippen molar-refractivity contribution < 1.29 is 9.21 Å². The van der Waals surface area contributed by atoms with Crippen molar-refractivity contribution in [1.29, 1.82) is 0 Å². The van der Waals surface area contributed by atoms with E-state index in [-0.39, 0.29) is 5.91 Å². The number of anilines is 1. The van der Waals surface area contributed by atoms with Gasteiger partial charge in [-0.15, -0.1) is 0 Å². The minimum absolute atomic E-state index is 0.177. The van der Waals surface area contributed by atoms with Gasteiger partial charge in [0.15, 0.2) is 5.58 Å². The van der Waals surface area contributed by atoms with E-state index in [9.17, 15) is 4.79 Å². The van der Waals surface area contributed by atoms with E-state index in [2.05, 4.69) is 10.3 Å². The van der Waals surface area contributed by atoms with Crippen molar-refractivity contribution in [2.75, 3.05) is 5.32 Å². The van der Waals surface area contributed by atoms with Gasteiger partial charge in [0, 0.05) is 17.3 Å². The van der Waals surface area contributed by atoms with Crippen LogP contribution in [0.3, 0.4) is 0 Å². The third kappa shape index (κ3) is 3.96. The van der Waals surface area contributed by atoms with E-state index in [1.54, 1.807) is 6.08 Å². The van der Waals surface area contributed by atoms with Gasteiger partial charge in [-0.2, -0.15) is 0 Å². The molecule has 27 heavy (non-hydrogen) atoms. The molecule has 0 aliphatic rings. The Labute approximate surface area is 157 Å². The number of hydrogen-bond donors (Lipinski definition) is 1. The molecule has 132 valence electrons. The zero-order chi connectivity index (χ0) is 18.6. The topological polar surface area (TPSA) is 55.1 Å². The number of carbonyl (C=O) groups excluding carboxylic acids is 1. The van der Waals surface area contributed by atoms with Crippen LogP contribution in [0, 0.1) is 6.92 Å². The number of nitrogens with zero attached hydrogens (tertiary/aromatic N) is 1. The van der Waals surface area contributed by atoms with Gasteiger partial charge in [0.25, 0.3) is 0 Å². The summed E-state index contributed by atoms with van der Waals surface area (Å²) < 4.78 is 5.83. The van der Waals surface area contributed by atoms with Crippen molar-refractivity contribution in [1.82, 2.24) is 4.98 Å². The molecule has 0 bridgehead atoms. The van der Waals surface area contributed by atoms with Crippen LogP contribution in [0.15, 0.2) is 83.3 Å². The third-order valence-corrected chi connectivity index (χ3v) is 4.17. The summed E-state index contributed by atoms with van der Waals surface area (Å²) in [6, 6.07) is 23.1. The van der Waals surface area contributed by atoms with Crippen molar-refractivity contribution in [3.63, 3.8) is 0 Å². The Bertz CT molecular complexity index is 1110. The molecule has 0 atom stereocenters. The molecule has 0 radical (unpaired) electrons. The van der Waals surface area contributed by atoms with Crippen LogP contribution in [0.25, 0.3) is 28.6 Å². The molecule has 1 amide bonds. The van der Waals surface area contributed by atoms with Crippen LogP contribution in [0.2, 0.25) is 0 Å². The summed E-state index contributed by atoms with van der Waals surface area (Å²) in [7, 11) is 0. The fraction of sp³-hybridized carbons (Fsp3) is 0.0435. The number of aryl methyl sites for hydroxylation is 1. The van der Waals surface area contributed by atoms with E-state index in [0.29, 0.717) is 11.6 Å². The van der Waals surface area contributed by atoms with Gasteiger partial charge in [-0.25, -0.2) is 4.98 Å². The van der Waals surface area contributed by atoms with Gasteiger partial charge in [0.05, 0.1) is 0 Å². The maximum atomic E-state index is 12.1. The fourth-order valence-electron chi connectivity index (χ4n) is 2.77. The van der Waals surface area contributed by atoms with Crippen LogP contribution < -0.4 is 5.32 Å². The molecule has 4 nitrogen and oxygen atoms in total. The first kappa shape index (κ1) is 16.8. The van der Waals surface area contributed by atoms with Crippen LogP contribution in [0.4, 0.5) is 5.69 Å². The zero-order valence-corrected chi connectivity index (χ0v) is 14.8. The molecule has 0 saturated heterocycles. The second kappa shape index (κ2) is 7.30. The lowest BCUT2D eigenvalue weighted by atomic mass is 10.2. The van der Waals surface area contributed by atoms with Gasteiger partial charge in [-0.05, 0) is 60.5 Å². The van der Waals surface area contributed by atoms with Gasteiger partial charge in [-0.1, -0.05) is 36.4 Å². The van der Waals surface area contributed by atoms with Crippen molar-refractivity contribution in [2.24, 2.45) is 0 Å². The summed E-state index contributed by atoms with van der Waals surface area (Å²) in [5.41, 5.74) is 5.29. The highest BCUT2D eigenvalue weighted by molar-refractivity contribution is 6.02. The largest absolute Gasteiger partial charge is 0.436 e. The Balaban J connectivity index is 1.46. The summed E-state index contributed by atoms with van der Waals surface area (Å²) in [5.74, 6) is 0.390. The molecular weight excluding hydrogens is 336 g/mol. The Morgan fingerprint density at radius 1 is 1.00 bits per heavy atom. The highest BCUT2D eigenvalue weighted by atomic mass is 16.3. The number of oxazole rings is 1. The average molecular weight is 354 g/mol. The predicted molar refractivity (Wildman–Crippen MR) is 108 cm³/mol. The van der Waals surface area contributed by atoms with Gasteiger partial charge in [0.1, 0.15) is 5.52 Å². The van der Waals surface area contributed by atoms with E-state index >= 15 is 0 Å². The Kier molecular flexibility index (Phi) is 4.54. The molecule has 0 aliphatic carbocycles. The number of amides is 1. The second-order valence-corrected chi connectivity index (χ2v) is 6.30. The third-order valence-electron chi connectivity index (χ3n) is 4.17. The maximum absolute atomic E-state index is 12.1. The predicted octanol–water partition coefficient (Wildman–Crippen LogP) is 5.46. The van der Waals surface area contributed by atoms with Crippen molar-refractivity contribution >= 4 is 28.8 Å². The van der Waals surface area contributed by atoms with E-state index in [0.717, 1.165) is 27.8 Å². The minimum atomic E-state index is -0.177. The minimum Gasteiger partial charge on any atom is -0.436 e. The number of aromatic nitrogens is 1.